The topological polar surface area (TPSA) is 32.8 Å². The number of ether oxygens (including phenoxy) is 1. The summed E-state index contributed by atoms with van der Waals surface area (Å²) in [6, 6.07) is 8.24. The minimum Gasteiger partial charge on any atom is -0.496 e. The number of aryl methyl sites for hydroxylation is 1. The van der Waals surface area contributed by atoms with E-state index in [1.807, 2.05) is 17.0 Å². The third-order valence-corrected chi connectivity index (χ3v) is 4.58. The Bertz CT molecular complexity index is 482. The maximum Gasteiger partial charge on any atom is 0.222 e. The lowest BCUT2D eigenvalue weighted by Gasteiger charge is -2.34. The Labute approximate surface area is 140 Å². The lowest BCUT2D eigenvalue weighted by molar-refractivity contribution is -0.133. The fourth-order valence-electron chi connectivity index (χ4n) is 3.11. The van der Waals surface area contributed by atoms with Crippen LogP contribution in [0.1, 0.15) is 38.2 Å². The van der Waals surface area contributed by atoms with Crippen LogP contribution in [0.4, 0.5) is 0 Å². The van der Waals surface area contributed by atoms with Crippen molar-refractivity contribution in [3.8, 4) is 5.75 Å². The summed E-state index contributed by atoms with van der Waals surface area (Å²) in [5, 5.41) is 0. The molecule has 1 saturated heterocycles. The predicted octanol–water partition coefficient (Wildman–Crippen LogP) is 2.96. The smallest absolute Gasteiger partial charge is 0.222 e. The zero-order chi connectivity index (χ0) is 16.5. The average molecular weight is 318 g/mol. The first kappa shape index (κ1) is 17.8. The second kappa shape index (κ2) is 9.56. The summed E-state index contributed by atoms with van der Waals surface area (Å²) >= 11 is 0. The van der Waals surface area contributed by atoms with Crippen molar-refractivity contribution < 1.29 is 9.53 Å². The molecule has 0 unspecified atom stereocenters. The SMILES string of the molecule is CCCCC(=O)N1CCN(CCCc2ccccc2OC)CC1. The number of hydrogen-bond donors (Lipinski definition) is 0. The van der Waals surface area contributed by atoms with Gasteiger partial charge in [-0.05, 0) is 37.4 Å². The summed E-state index contributed by atoms with van der Waals surface area (Å²) in [5.74, 6) is 1.32. The van der Waals surface area contributed by atoms with Gasteiger partial charge >= 0.3 is 0 Å². The van der Waals surface area contributed by atoms with Crippen LogP contribution in [0.5, 0.6) is 5.75 Å². The number of unbranched alkanes of at least 4 members (excludes halogenated alkanes) is 1. The van der Waals surface area contributed by atoms with Gasteiger partial charge in [0.05, 0.1) is 7.11 Å². The molecule has 1 amide bonds. The lowest BCUT2D eigenvalue weighted by atomic mass is 10.1. The summed E-state index contributed by atoms with van der Waals surface area (Å²) in [5.41, 5.74) is 1.28. The molecule has 0 aliphatic carbocycles. The Kier molecular flexibility index (Phi) is 7.40. The largest absolute Gasteiger partial charge is 0.496 e. The molecule has 0 spiro atoms. The maximum absolute atomic E-state index is 12.0. The highest BCUT2D eigenvalue weighted by Crippen LogP contribution is 2.19. The molecule has 0 aromatic heterocycles. The van der Waals surface area contributed by atoms with Gasteiger partial charge in [-0.3, -0.25) is 9.69 Å². The average Bonchev–Trinajstić information content (AvgIpc) is 2.60. The molecule has 0 atom stereocenters. The van der Waals surface area contributed by atoms with Crippen molar-refractivity contribution in [1.82, 2.24) is 9.80 Å². The first-order valence-electron chi connectivity index (χ1n) is 8.86. The molecule has 1 aliphatic heterocycles. The Balaban J connectivity index is 1.68. The summed E-state index contributed by atoms with van der Waals surface area (Å²) in [7, 11) is 1.73. The molecule has 0 radical (unpaired) electrons. The van der Waals surface area contributed by atoms with Crippen LogP contribution in [-0.4, -0.2) is 55.5 Å². The van der Waals surface area contributed by atoms with E-state index in [1.165, 1.54) is 5.56 Å². The Morgan fingerprint density at radius 2 is 1.87 bits per heavy atom. The predicted molar refractivity (Wildman–Crippen MR) is 93.9 cm³/mol. The van der Waals surface area contributed by atoms with E-state index < -0.39 is 0 Å². The number of benzene rings is 1. The Morgan fingerprint density at radius 1 is 1.13 bits per heavy atom. The van der Waals surface area contributed by atoms with E-state index in [-0.39, 0.29) is 0 Å². The number of hydrogen-bond acceptors (Lipinski definition) is 3. The van der Waals surface area contributed by atoms with Gasteiger partial charge in [0, 0.05) is 32.6 Å². The summed E-state index contributed by atoms with van der Waals surface area (Å²) in [6.07, 6.45) is 4.99. The highest BCUT2D eigenvalue weighted by molar-refractivity contribution is 5.76. The Morgan fingerprint density at radius 3 is 2.57 bits per heavy atom. The Hall–Kier alpha value is -1.55. The van der Waals surface area contributed by atoms with E-state index in [1.54, 1.807) is 7.11 Å². The number of para-hydroxylation sites is 1. The van der Waals surface area contributed by atoms with Crippen molar-refractivity contribution in [2.24, 2.45) is 0 Å². The molecule has 1 fully saturated rings. The van der Waals surface area contributed by atoms with Crippen LogP contribution >= 0.6 is 0 Å². The monoisotopic (exact) mass is 318 g/mol. The van der Waals surface area contributed by atoms with E-state index in [0.717, 1.165) is 64.2 Å². The fourth-order valence-corrected chi connectivity index (χ4v) is 3.11. The molecular formula is C19H30N2O2. The number of carbonyl (C=O) groups excluding carboxylic acids is 1. The van der Waals surface area contributed by atoms with Crippen LogP contribution in [0.3, 0.4) is 0 Å². The quantitative estimate of drug-likeness (QED) is 0.739. The summed E-state index contributed by atoms with van der Waals surface area (Å²) in [4.78, 5) is 16.5. The van der Waals surface area contributed by atoms with Gasteiger partial charge in [0.25, 0.3) is 0 Å². The highest BCUT2D eigenvalue weighted by atomic mass is 16.5. The first-order chi connectivity index (χ1) is 11.2. The van der Waals surface area contributed by atoms with Crippen molar-refractivity contribution in [2.45, 2.75) is 39.0 Å². The number of carbonyl (C=O) groups is 1. The fraction of sp³-hybridized carbons (Fsp3) is 0.632. The van der Waals surface area contributed by atoms with Gasteiger partial charge in [-0.1, -0.05) is 31.5 Å². The molecule has 1 aromatic rings. The van der Waals surface area contributed by atoms with Crippen LogP contribution in [0.2, 0.25) is 0 Å². The van der Waals surface area contributed by atoms with Gasteiger partial charge in [0.15, 0.2) is 0 Å². The van der Waals surface area contributed by atoms with E-state index in [4.69, 9.17) is 4.74 Å². The second-order valence-electron chi connectivity index (χ2n) is 6.24. The number of methoxy groups -OCH3 is 1. The summed E-state index contributed by atoms with van der Waals surface area (Å²) < 4.78 is 5.40. The van der Waals surface area contributed by atoms with E-state index in [9.17, 15) is 4.79 Å². The summed E-state index contributed by atoms with van der Waals surface area (Å²) in [6.45, 7) is 7.00. The van der Waals surface area contributed by atoms with Crippen LogP contribution in [0.15, 0.2) is 24.3 Å². The number of amides is 1. The second-order valence-corrected chi connectivity index (χ2v) is 6.24. The normalized spacial score (nSPS) is 15.7. The third kappa shape index (κ3) is 5.54. The van der Waals surface area contributed by atoms with Crippen molar-refractivity contribution in [1.29, 1.82) is 0 Å². The van der Waals surface area contributed by atoms with Crippen LogP contribution in [0.25, 0.3) is 0 Å². The zero-order valence-corrected chi connectivity index (χ0v) is 14.6. The lowest BCUT2D eigenvalue weighted by Crippen LogP contribution is -2.48. The highest BCUT2D eigenvalue weighted by Gasteiger charge is 2.20. The van der Waals surface area contributed by atoms with Gasteiger partial charge in [-0.25, -0.2) is 0 Å². The van der Waals surface area contributed by atoms with Crippen LogP contribution in [-0.2, 0) is 11.2 Å². The molecular weight excluding hydrogens is 288 g/mol. The molecule has 4 nitrogen and oxygen atoms in total. The molecule has 0 N–H and O–H groups in total. The molecule has 4 heteroatoms. The van der Waals surface area contributed by atoms with Crippen molar-refractivity contribution in [2.75, 3.05) is 39.8 Å². The van der Waals surface area contributed by atoms with E-state index in [0.29, 0.717) is 12.3 Å². The third-order valence-electron chi connectivity index (χ3n) is 4.58. The minimum absolute atomic E-state index is 0.334. The maximum atomic E-state index is 12.0. The van der Waals surface area contributed by atoms with Crippen LogP contribution in [0, 0.1) is 0 Å². The molecule has 1 aromatic carbocycles. The standard InChI is InChI=1S/C19H30N2O2/c1-3-4-11-19(22)21-15-13-20(14-16-21)12-7-9-17-8-5-6-10-18(17)23-2/h5-6,8,10H,3-4,7,9,11-16H2,1-2H3. The molecule has 2 rings (SSSR count). The van der Waals surface area contributed by atoms with Crippen molar-refractivity contribution >= 4 is 5.91 Å². The van der Waals surface area contributed by atoms with Crippen molar-refractivity contribution in [3.63, 3.8) is 0 Å². The molecule has 0 bridgehead atoms. The minimum atomic E-state index is 0.334. The van der Waals surface area contributed by atoms with E-state index >= 15 is 0 Å². The van der Waals surface area contributed by atoms with Gasteiger partial charge in [0.2, 0.25) is 5.91 Å². The zero-order valence-electron chi connectivity index (χ0n) is 14.6. The van der Waals surface area contributed by atoms with Gasteiger partial charge in [-0.15, -0.1) is 0 Å². The molecule has 0 saturated carbocycles. The first-order valence-corrected chi connectivity index (χ1v) is 8.86. The van der Waals surface area contributed by atoms with Crippen LogP contribution < -0.4 is 4.74 Å². The molecule has 128 valence electrons. The van der Waals surface area contributed by atoms with Gasteiger partial charge < -0.3 is 9.64 Å². The van der Waals surface area contributed by atoms with Gasteiger partial charge in [-0.2, -0.15) is 0 Å². The number of rotatable bonds is 8. The number of piperazine rings is 1. The van der Waals surface area contributed by atoms with E-state index in [2.05, 4.69) is 24.0 Å². The molecule has 23 heavy (non-hydrogen) atoms. The van der Waals surface area contributed by atoms with Crippen molar-refractivity contribution in [3.05, 3.63) is 29.8 Å². The number of nitrogens with zero attached hydrogens (tertiary/aromatic N) is 2. The molecule has 1 aliphatic rings. The van der Waals surface area contributed by atoms with Gasteiger partial charge in [0.1, 0.15) is 5.75 Å². The molecule has 1 heterocycles.